The van der Waals surface area contributed by atoms with Crippen LogP contribution in [0.4, 0.5) is 9.39 Å². The fourth-order valence-electron chi connectivity index (χ4n) is 3.01. The molecule has 7 heteroatoms. The molecular formula is C18H20FN3O2S. The van der Waals surface area contributed by atoms with Crippen LogP contribution in [-0.4, -0.2) is 18.4 Å². The van der Waals surface area contributed by atoms with Crippen molar-refractivity contribution in [3.8, 4) is 0 Å². The van der Waals surface area contributed by atoms with Crippen LogP contribution in [0.1, 0.15) is 39.2 Å². The maximum absolute atomic E-state index is 12.9. The number of nitrogens with two attached hydrogens (primary N) is 1. The van der Waals surface area contributed by atoms with Gasteiger partial charge < -0.3 is 16.4 Å². The second-order valence-electron chi connectivity index (χ2n) is 6.06. The average molecular weight is 361 g/mol. The van der Waals surface area contributed by atoms with E-state index >= 15 is 0 Å². The molecule has 1 aliphatic rings. The van der Waals surface area contributed by atoms with Gasteiger partial charge in [0, 0.05) is 11.4 Å². The number of aryl methyl sites for hydroxylation is 1. The van der Waals surface area contributed by atoms with Gasteiger partial charge in [0.2, 0.25) is 5.91 Å². The predicted octanol–water partition coefficient (Wildman–Crippen LogP) is 2.59. The van der Waals surface area contributed by atoms with Gasteiger partial charge in [-0.2, -0.15) is 0 Å². The van der Waals surface area contributed by atoms with Gasteiger partial charge in [0.05, 0.1) is 12.1 Å². The maximum Gasteiger partial charge on any atom is 0.251 e. The van der Waals surface area contributed by atoms with Crippen molar-refractivity contribution in [2.24, 2.45) is 5.73 Å². The Hall–Kier alpha value is -2.25. The molecule has 1 aliphatic carbocycles. The van der Waals surface area contributed by atoms with E-state index in [0.29, 0.717) is 17.1 Å². The predicted molar refractivity (Wildman–Crippen MR) is 96.2 cm³/mol. The Morgan fingerprint density at radius 3 is 2.60 bits per heavy atom. The first-order valence-electron chi connectivity index (χ1n) is 8.24. The van der Waals surface area contributed by atoms with E-state index in [9.17, 15) is 14.0 Å². The molecule has 4 N–H and O–H groups in total. The molecule has 1 aromatic heterocycles. The molecule has 25 heavy (non-hydrogen) atoms. The number of carbonyl (C=O) groups excluding carboxylic acids is 2. The summed E-state index contributed by atoms with van der Waals surface area (Å²) in [6, 6.07) is 6.09. The normalized spacial score (nSPS) is 13.3. The van der Waals surface area contributed by atoms with E-state index < -0.39 is 5.91 Å². The summed E-state index contributed by atoms with van der Waals surface area (Å²) in [6.07, 6.45) is 3.90. The SMILES string of the molecule is NC(=O)c1c(NC(=O)CNCc2ccc(F)cc2)sc2c1CCCC2. The molecule has 1 heterocycles. The van der Waals surface area contributed by atoms with Crippen molar-refractivity contribution in [2.45, 2.75) is 32.2 Å². The monoisotopic (exact) mass is 361 g/mol. The van der Waals surface area contributed by atoms with E-state index in [-0.39, 0.29) is 18.3 Å². The lowest BCUT2D eigenvalue weighted by molar-refractivity contribution is -0.115. The third-order valence-electron chi connectivity index (χ3n) is 4.20. The highest BCUT2D eigenvalue weighted by Gasteiger charge is 2.24. The van der Waals surface area contributed by atoms with E-state index in [1.807, 2.05) is 0 Å². The number of thiophene rings is 1. The Kier molecular flexibility index (Phi) is 5.45. The number of halogens is 1. The van der Waals surface area contributed by atoms with Gasteiger partial charge >= 0.3 is 0 Å². The van der Waals surface area contributed by atoms with Crippen molar-refractivity contribution in [3.05, 3.63) is 51.7 Å². The lowest BCUT2D eigenvalue weighted by Crippen LogP contribution is -2.28. The molecule has 0 atom stereocenters. The molecule has 1 aromatic carbocycles. The van der Waals surface area contributed by atoms with Crippen LogP contribution in [0.25, 0.3) is 0 Å². The maximum atomic E-state index is 12.9. The van der Waals surface area contributed by atoms with E-state index in [2.05, 4.69) is 10.6 Å². The van der Waals surface area contributed by atoms with Crippen LogP contribution >= 0.6 is 11.3 Å². The Morgan fingerprint density at radius 1 is 1.16 bits per heavy atom. The minimum atomic E-state index is -0.492. The molecule has 5 nitrogen and oxygen atoms in total. The number of rotatable bonds is 6. The smallest absolute Gasteiger partial charge is 0.251 e. The topological polar surface area (TPSA) is 84.2 Å². The van der Waals surface area contributed by atoms with Crippen molar-refractivity contribution in [1.82, 2.24) is 5.32 Å². The molecule has 0 spiro atoms. The molecule has 0 saturated carbocycles. The molecule has 132 valence electrons. The lowest BCUT2D eigenvalue weighted by atomic mass is 9.95. The van der Waals surface area contributed by atoms with Crippen LogP contribution in [0.2, 0.25) is 0 Å². The Bertz CT molecular complexity index is 786. The van der Waals surface area contributed by atoms with Crippen molar-refractivity contribution in [1.29, 1.82) is 0 Å². The van der Waals surface area contributed by atoms with E-state index in [4.69, 9.17) is 5.73 Å². The van der Waals surface area contributed by atoms with Gasteiger partial charge in [-0.25, -0.2) is 4.39 Å². The number of nitrogens with one attached hydrogen (secondary N) is 2. The molecule has 2 amide bonds. The number of anilines is 1. The second-order valence-corrected chi connectivity index (χ2v) is 7.16. The summed E-state index contributed by atoms with van der Waals surface area (Å²) in [6.45, 7) is 0.551. The minimum Gasteiger partial charge on any atom is -0.365 e. The van der Waals surface area contributed by atoms with Crippen LogP contribution in [0.3, 0.4) is 0 Å². The number of primary amides is 1. The van der Waals surface area contributed by atoms with E-state index in [1.165, 1.54) is 23.5 Å². The highest BCUT2D eigenvalue weighted by atomic mass is 32.1. The zero-order chi connectivity index (χ0) is 17.8. The molecule has 0 bridgehead atoms. The highest BCUT2D eigenvalue weighted by Crippen LogP contribution is 2.37. The summed E-state index contributed by atoms with van der Waals surface area (Å²) in [5, 5.41) is 6.36. The quantitative estimate of drug-likeness (QED) is 0.739. The van der Waals surface area contributed by atoms with Crippen LogP contribution in [-0.2, 0) is 24.2 Å². The van der Waals surface area contributed by atoms with Gasteiger partial charge in [-0.05, 0) is 48.9 Å². The Labute approximate surface area is 149 Å². The van der Waals surface area contributed by atoms with Gasteiger partial charge in [0.25, 0.3) is 5.91 Å². The largest absolute Gasteiger partial charge is 0.365 e. The second kappa shape index (κ2) is 7.76. The Balaban J connectivity index is 1.60. The number of carbonyl (C=O) groups is 2. The molecular weight excluding hydrogens is 341 g/mol. The first kappa shape index (κ1) is 17.6. The molecule has 0 aliphatic heterocycles. The summed E-state index contributed by atoms with van der Waals surface area (Å²) < 4.78 is 12.9. The number of hydrogen-bond acceptors (Lipinski definition) is 4. The fourth-order valence-corrected chi connectivity index (χ4v) is 4.32. The molecule has 0 saturated heterocycles. The molecule has 2 aromatic rings. The lowest BCUT2D eigenvalue weighted by Gasteiger charge is -2.11. The van der Waals surface area contributed by atoms with Crippen molar-refractivity contribution >= 4 is 28.2 Å². The number of hydrogen-bond donors (Lipinski definition) is 3. The molecule has 0 unspecified atom stereocenters. The van der Waals surface area contributed by atoms with E-state index in [1.54, 1.807) is 12.1 Å². The van der Waals surface area contributed by atoms with Crippen molar-refractivity contribution < 1.29 is 14.0 Å². The molecule has 0 radical (unpaired) electrons. The van der Waals surface area contributed by atoms with Crippen LogP contribution < -0.4 is 16.4 Å². The zero-order valence-electron chi connectivity index (χ0n) is 13.7. The summed E-state index contributed by atoms with van der Waals surface area (Å²) in [7, 11) is 0. The van der Waals surface area contributed by atoms with Gasteiger partial charge in [0.15, 0.2) is 0 Å². The van der Waals surface area contributed by atoms with Crippen LogP contribution in [0, 0.1) is 5.82 Å². The van der Waals surface area contributed by atoms with E-state index in [0.717, 1.165) is 41.7 Å². The third kappa shape index (κ3) is 4.24. The summed E-state index contributed by atoms with van der Waals surface area (Å²) in [4.78, 5) is 25.1. The minimum absolute atomic E-state index is 0.0954. The fraction of sp³-hybridized carbons (Fsp3) is 0.333. The number of benzene rings is 1. The van der Waals surface area contributed by atoms with Gasteiger partial charge in [-0.1, -0.05) is 12.1 Å². The van der Waals surface area contributed by atoms with Gasteiger partial charge in [-0.3, -0.25) is 9.59 Å². The first-order chi connectivity index (χ1) is 12.0. The Morgan fingerprint density at radius 2 is 1.88 bits per heavy atom. The van der Waals surface area contributed by atoms with Crippen molar-refractivity contribution in [3.63, 3.8) is 0 Å². The first-order valence-corrected chi connectivity index (χ1v) is 9.05. The molecule has 3 rings (SSSR count). The number of amides is 2. The standard InChI is InChI=1S/C18H20FN3O2S/c19-12-7-5-11(6-8-12)9-21-10-15(23)22-18-16(17(20)24)13-3-1-2-4-14(13)25-18/h5-8,21H,1-4,9-10H2,(H2,20,24)(H,22,23). The highest BCUT2D eigenvalue weighted by molar-refractivity contribution is 7.17. The van der Waals surface area contributed by atoms with Crippen molar-refractivity contribution in [2.75, 3.05) is 11.9 Å². The zero-order valence-corrected chi connectivity index (χ0v) is 14.5. The van der Waals surface area contributed by atoms with Gasteiger partial charge in [-0.15, -0.1) is 11.3 Å². The average Bonchev–Trinajstić information content (AvgIpc) is 2.94. The number of fused-ring (bicyclic) bond motifs is 1. The summed E-state index contributed by atoms with van der Waals surface area (Å²) >= 11 is 1.45. The van der Waals surface area contributed by atoms with Crippen LogP contribution in [0.15, 0.2) is 24.3 Å². The third-order valence-corrected chi connectivity index (χ3v) is 5.41. The van der Waals surface area contributed by atoms with Gasteiger partial charge in [0.1, 0.15) is 10.8 Å². The molecule has 0 fully saturated rings. The summed E-state index contributed by atoms with van der Waals surface area (Å²) in [5.74, 6) is -1.01. The summed E-state index contributed by atoms with van der Waals surface area (Å²) in [5.41, 5.74) is 7.87. The van der Waals surface area contributed by atoms with Crippen LogP contribution in [0.5, 0.6) is 0 Å².